The van der Waals surface area contributed by atoms with Gasteiger partial charge in [-0.05, 0) is 25.0 Å². The lowest BCUT2D eigenvalue weighted by Crippen LogP contribution is -2.49. The Balaban J connectivity index is 1.57. The molecule has 148 valence electrons. The fourth-order valence-electron chi connectivity index (χ4n) is 3.43. The van der Waals surface area contributed by atoms with Gasteiger partial charge in [-0.2, -0.15) is 0 Å². The highest BCUT2D eigenvalue weighted by Crippen LogP contribution is 2.34. The van der Waals surface area contributed by atoms with E-state index in [-0.39, 0.29) is 6.09 Å². The molecule has 0 spiro atoms. The van der Waals surface area contributed by atoms with Crippen molar-refractivity contribution in [3.63, 3.8) is 0 Å². The number of carbonyl (C=O) groups excluding carboxylic acids is 1. The maximum Gasteiger partial charge on any atom is 0.409 e. The molecular formula is C20H25N5O2S. The predicted octanol–water partition coefficient (Wildman–Crippen LogP) is 4.09. The molecule has 7 nitrogen and oxygen atoms in total. The van der Waals surface area contributed by atoms with Crippen molar-refractivity contribution in [2.24, 2.45) is 0 Å². The normalized spacial score (nSPS) is 14.9. The number of hydrogen-bond acceptors (Lipinski definition) is 6. The number of fused-ring (bicyclic) bond motifs is 1. The molecule has 0 aromatic carbocycles. The molecule has 0 unspecified atom stereocenters. The molecule has 0 bridgehead atoms. The number of amides is 1. The van der Waals surface area contributed by atoms with Crippen LogP contribution in [0.25, 0.3) is 21.7 Å². The topological polar surface area (TPSA) is 74.3 Å². The standard InChI is InChI=1S/C20H25N5O2S/c1-4-27-20(26)25-9-7-24(8-10-25)16-5-6-21-18-14(16)11-15(23-18)19-22-12-17(28-19)13(2)3/h5-6,11-13H,4,7-10H2,1-3H3,(H,21,23). The van der Waals surface area contributed by atoms with Crippen molar-refractivity contribution in [1.29, 1.82) is 0 Å². The molecule has 3 aromatic rings. The van der Waals surface area contributed by atoms with Gasteiger partial charge in [0.15, 0.2) is 0 Å². The summed E-state index contributed by atoms with van der Waals surface area (Å²) >= 11 is 1.72. The van der Waals surface area contributed by atoms with Gasteiger partial charge < -0.3 is 19.5 Å². The Morgan fingerprint density at radius 2 is 2.07 bits per heavy atom. The summed E-state index contributed by atoms with van der Waals surface area (Å²) in [6, 6.07) is 4.18. The summed E-state index contributed by atoms with van der Waals surface area (Å²) in [4.78, 5) is 29.8. The van der Waals surface area contributed by atoms with Crippen molar-refractivity contribution in [1.82, 2.24) is 19.9 Å². The van der Waals surface area contributed by atoms with E-state index in [0.717, 1.165) is 40.5 Å². The average molecular weight is 400 g/mol. The largest absolute Gasteiger partial charge is 0.450 e. The second kappa shape index (κ2) is 7.79. The number of anilines is 1. The minimum absolute atomic E-state index is 0.226. The van der Waals surface area contributed by atoms with Crippen molar-refractivity contribution >= 4 is 34.2 Å². The molecule has 0 aliphatic carbocycles. The van der Waals surface area contributed by atoms with Crippen LogP contribution in [-0.2, 0) is 4.74 Å². The molecule has 1 aliphatic rings. The molecule has 1 N–H and O–H groups in total. The van der Waals surface area contributed by atoms with Gasteiger partial charge in [-0.3, -0.25) is 0 Å². The van der Waals surface area contributed by atoms with Crippen molar-refractivity contribution in [2.75, 3.05) is 37.7 Å². The molecule has 1 saturated heterocycles. The molecule has 0 atom stereocenters. The van der Waals surface area contributed by atoms with E-state index in [0.29, 0.717) is 25.6 Å². The van der Waals surface area contributed by atoms with E-state index < -0.39 is 0 Å². The number of H-pyrrole nitrogens is 1. The second-order valence-electron chi connectivity index (χ2n) is 7.17. The highest BCUT2D eigenvalue weighted by atomic mass is 32.1. The van der Waals surface area contributed by atoms with Crippen LogP contribution in [0.2, 0.25) is 0 Å². The monoisotopic (exact) mass is 399 g/mol. The third kappa shape index (κ3) is 3.56. The van der Waals surface area contributed by atoms with Crippen molar-refractivity contribution < 1.29 is 9.53 Å². The number of thiazole rings is 1. The van der Waals surface area contributed by atoms with Crippen molar-refractivity contribution in [3.05, 3.63) is 29.4 Å². The van der Waals surface area contributed by atoms with Crippen LogP contribution in [0, 0.1) is 0 Å². The number of rotatable bonds is 4. The molecule has 1 aliphatic heterocycles. The van der Waals surface area contributed by atoms with Crippen LogP contribution in [0.15, 0.2) is 24.5 Å². The quantitative estimate of drug-likeness (QED) is 0.715. The lowest BCUT2D eigenvalue weighted by molar-refractivity contribution is 0.105. The van der Waals surface area contributed by atoms with E-state index in [2.05, 4.69) is 39.8 Å². The second-order valence-corrected chi connectivity index (χ2v) is 8.23. The molecule has 1 fully saturated rings. The number of nitrogens with zero attached hydrogens (tertiary/aromatic N) is 4. The van der Waals surface area contributed by atoms with Crippen LogP contribution in [0.5, 0.6) is 0 Å². The smallest absolute Gasteiger partial charge is 0.409 e. The zero-order chi connectivity index (χ0) is 19.7. The number of pyridine rings is 1. The molecular weight excluding hydrogens is 374 g/mol. The van der Waals surface area contributed by atoms with Gasteiger partial charge in [-0.15, -0.1) is 11.3 Å². The molecule has 1 amide bonds. The van der Waals surface area contributed by atoms with E-state index >= 15 is 0 Å². The number of hydrogen-bond donors (Lipinski definition) is 1. The summed E-state index contributed by atoms with van der Waals surface area (Å²) < 4.78 is 5.11. The molecule has 8 heteroatoms. The van der Waals surface area contributed by atoms with Crippen LogP contribution in [0.3, 0.4) is 0 Å². The van der Waals surface area contributed by atoms with Crippen molar-refractivity contribution in [3.8, 4) is 10.7 Å². The fourth-order valence-corrected chi connectivity index (χ4v) is 4.32. The van der Waals surface area contributed by atoms with E-state index in [1.165, 1.54) is 4.88 Å². The Morgan fingerprint density at radius 3 is 2.75 bits per heavy atom. The Bertz CT molecular complexity index is 972. The number of aromatic nitrogens is 3. The molecule has 3 aromatic heterocycles. The van der Waals surface area contributed by atoms with Gasteiger partial charge in [0.25, 0.3) is 0 Å². The first-order valence-electron chi connectivity index (χ1n) is 9.67. The number of carbonyl (C=O) groups is 1. The van der Waals surface area contributed by atoms with Gasteiger partial charge in [0, 0.05) is 54.5 Å². The van der Waals surface area contributed by atoms with E-state index in [9.17, 15) is 4.79 Å². The SMILES string of the molecule is CCOC(=O)N1CCN(c2ccnc3[nH]c(-c4ncc(C(C)C)s4)cc23)CC1. The summed E-state index contributed by atoms with van der Waals surface area (Å²) in [5.41, 5.74) is 3.00. The Morgan fingerprint density at radius 1 is 1.29 bits per heavy atom. The first kappa shape index (κ1) is 18.7. The number of nitrogens with one attached hydrogen (secondary N) is 1. The Hall–Kier alpha value is -2.61. The maximum atomic E-state index is 11.9. The van der Waals surface area contributed by atoms with Gasteiger partial charge in [0.05, 0.1) is 12.3 Å². The molecule has 0 radical (unpaired) electrons. The van der Waals surface area contributed by atoms with E-state index in [1.807, 2.05) is 25.4 Å². The lowest BCUT2D eigenvalue weighted by Gasteiger charge is -2.35. The Labute approximate surface area is 168 Å². The van der Waals surface area contributed by atoms with Crippen LogP contribution >= 0.6 is 11.3 Å². The lowest BCUT2D eigenvalue weighted by atomic mass is 10.2. The first-order chi connectivity index (χ1) is 13.6. The van der Waals surface area contributed by atoms with E-state index in [4.69, 9.17) is 4.74 Å². The van der Waals surface area contributed by atoms with Gasteiger partial charge >= 0.3 is 6.09 Å². The van der Waals surface area contributed by atoms with Gasteiger partial charge in [0.2, 0.25) is 0 Å². The third-order valence-corrected chi connectivity index (χ3v) is 6.31. The summed E-state index contributed by atoms with van der Waals surface area (Å²) in [5, 5.41) is 2.07. The van der Waals surface area contributed by atoms with Crippen LogP contribution < -0.4 is 4.90 Å². The minimum atomic E-state index is -0.226. The van der Waals surface area contributed by atoms with Crippen LogP contribution in [-0.4, -0.2) is 58.7 Å². The molecule has 0 saturated carbocycles. The fraction of sp³-hybridized carbons (Fsp3) is 0.450. The molecule has 28 heavy (non-hydrogen) atoms. The zero-order valence-electron chi connectivity index (χ0n) is 16.4. The maximum absolute atomic E-state index is 11.9. The van der Waals surface area contributed by atoms with Crippen LogP contribution in [0.4, 0.5) is 10.5 Å². The van der Waals surface area contributed by atoms with Gasteiger partial charge in [-0.1, -0.05) is 13.8 Å². The van der Waals surface area contributed by atoms with Crippen LogP contribution in [0.1, 0.15) is 31.6 Å². The summed E-state index contributed by atoms with van der Waals surface area (Å²) in [5.74, 6) is 0.472. The third-order valence-electron chi connectivity index (χ3n) is 4.98. The van der Waals surface area contributed by atoms with Gasteiger partial charge in [-0.25, -0.2) is 14.8 Å². The highest BCUT2D eigenvalue weighted by molar-refractivity contribution is 7.15. The van der Waals surface area contributed by atoms with E-state index in [1.54, 1.807) is 16.2 Å². The molecule has 4 heterocycles. The number of ether oxygens (including phenoxy) is 1. The highest BCUT2D eigenvalue weighted by Gasteiger charge is 2.23. The summed E-state index contributed by atoms with van der Waals surface area (Å²) in [7, 11) is 0. The molecule has 4 rings (SSSR count). The summed E-state index contributed by atoms with van der Waals surface area (Å²) in [6.07, 6.45) is 3.56. The minimum Gasteiger partial charge on any atom is -0.450 e. The number of piperazine rings is 1. The predicted molar refractivity (Wildman–Crippen MR) is 112 cm³/mol. The zero-order valence-corrected chi connectivity index (χ0v) is 17.3. The summed E-state index contributed by atoms with van der Waals surface area (Å²) in [6.45, 7) is 9.45. The number of aromatic amines is 1. The average Bonchev–Trinajstić information content (AvgIpc) is 3.35. The first-order valence-corrected chi connectivity index (χ1v) is 10.5. The Kier molecular flexibility index (Phi) is 5.21. The van der Waals surface area contributed by atoms with Crippen molar-refractivity contribution in [2.45, 2.75) is 26.7 Å². The van der Waals surface area contributed by atoms with Gasteiger partial charge in [0.1, 0.15) is 10.7 Å².